The first-order valence-corrected chi connectivity index (χ1v) is 16.4. The molecule has 8 nitrogen and oxygen atoms in total. The second-order valence-corrected chi connectivity index (χ2v) is 9.79. The second-order valence-electron chi connectivity index (χ2n) is 8.35. The molecule has 0 unspecified atom stereocenters. The summed E-state index contributed by atoms with van der Waals surface area (Å²) in [4.78, 5) is 28.8. The smallest absolute Gasteiger partial charge is 0.415 e. The molecular formula is C34H43ClF2N4O4S. The number of hydrogen-bond acceptors (Lipinski definition) is 7. The molecule has 0 spiro atoms. The number of thiophene rings is 1. The average Bonchev–Trinajstić information content (AvgIpc) is 3.47. The van der Waals surface area contributed by atoms with E-state index in [0.717, 1.165) is 33.9 Å². The number of ether oxygens (including phenoxy) is 2. The molecule has 0 saturated carbocycles. The Labute approximate surface area is 279 Å². The zero-order chi connectivity index (χ0) is 34.8. The van der Waals surface area contributed by atoms with Gasteiger partial charge in [-0.25, -0.2) is 13.6 Å². The van der Waals surface area contributed by atoms with Crippen LogP contribution in [0.2, 0.25) is 5.02 Å². The number of nitrogens with zero attached hydrogens (tertiary/aromatic N) is 3. The Balaban J connectivity index is 0.00000166. The van der Waals surface area contributed by atoms with E-state index in [-0.39, 0.29) is 34.4 Å². The van der Waals surface area contributed by atoms with Gasteiger partial charge in [-0.2, -0.15) is 0 Å². The largest absolute Gasteiger partial charge is 0.480 e. The first kappa shape index (κ1) is 39.9. The van der Waals surface area contributed by atoms with E-state index in [9.17, 15) is 18.4 Å². The van der Waals surface area contributed by atoms with Crippen molar-refractivity contribution in [3.63, 3.8) is 0 Å². The molecule has 0 atom stereocenters. The summed E-state index contributed by atoms with van der Waals surface area (Å²) in [6, 6.07) is 13.5. The van der Waals surface area contributed by atoms with Crippen LogP contribution in [0.25, 0.3) is 10.4 Å². The number of rotatable bonds is 9. The van der Waals surface area contributed by atoms with E-state index >= 15 is 0 Å². The van der Waals surface area contributed by atoms with Crippen molar-refractivity contribution in [2.75, 3.05) is 23.9 Å². The van der Waals surface area contributed by atoms with Gasteiger partial charge in [-0.1, -0.05) is 78.3 Å². The van der Waals surface area contributed by atoms with E-state index in [0.29, 0.717) is 21.9 Å². The molecule has 2 amide bonds. The summed E-state index contributed by atoms with van der Waals surface area (Å²) in [5.74, 6) is -1.86. The highest BCUT2D eigenvalue weighted by molar-refractivity contribution is 7.20. The van der Waals surface area contributed by atoms with Crippen molar-refractivity contribution in [3.05, 3.63) is 87.9 Å². The summed E-state index contributed by atoms with van der Waals surface area (Å²) in [6.07, 6.45) is -0.467. The van der Waals surface area contributed by atoms with Crippen LogP contribution in [-0.2, 0) is 17.7 Å². The van der Waals surface area contributed by atoms with Crippen LogP contribution in [-0.4, -0.2) is 35.9 Å². The van der Waals surface area contributed by atoms with E-state index in [1.165, 1.54) is 25.3 Å². The molecule has 2 heterocycles. The SMILES string of the molecule is CC.CC.CC.CCOC(=O)N(Cc1c(F)cccc1F)c1sc(-c2ccc(Cl)cc2)c(CC)c1C(=O)Nc1ccc(OC)nn1. The number of nitrogens with one attached hydrogen (secondary N) is 1. The summed E-state index contributed by atoms with van der Waals surface area (Å²) >= 11 is 7.22. The molecule has 0 bridgehead atoms. The van der Waals surface area contributed by atoms with E-state index in [2.05, 4.69) is 15.5 Å². The van der Waals surface area contributed by atoms with Gasteiger partial charge in [0, 0.05) is 21.5 Å². The maximum absolute atomic E-state index is 14.7. The number of halogens is 3. The van der Waals surface area contributed by atoms with Crippen LogP contribution < -0.4 is 15.0 Å². The van der Waals surface area contributed by atoms with Crippen molar-refractivity contribution in [2.24, 2.45) is 0 Å². The quantitative estimate of drug-likeness (QED) is 0.190. The lowest BCUT2D eigenvalue weighted by molar-refractivity contribution is 0.102. The van der Waals surface area contributed by atoms with E-state index in [1.54, 1.807) is 31.2 Å². The van der Waals surface area contributed by atoms with Crippen LogP contribution in [0.4, 0.5) is 24.4 Å². The molecular weight excluding hydrogens is 634 g/mol. The fourth-order valence-electron chi connectivity index (χ4n) is 3.98. The zero-order valence-electron chi connectivity index (χ0n) is 27.8. The fraction of sp³-hybridized carbons (Fsp3) is 0.353. The van der Waals surface area contributed by atoms with Crippen LogP contribution in [0.15, 0.2) is 54.6 Å². The van der Waals surface area contributed by atoms with Gasteiger partial charge in [-0.05, 0) is 54.8 Å². The Bertz CT molecular complexity index is 1500. The Morgan fingerprint density at radius 1 is 0.891 bits per heavy atom. The van der Waals surface area contributed by atoms with Crippen LogP contribution in [0, 0.1) is 11.6 Å². The minimum Gasteiger partial charge on any atom is -0.480 e. The van der Waals surface area contributed by atoms with Gasteiger partial charge in [0.15, 0.2) is 5.82 Å². The average molecular weight is 677 g/mol. The standard InChI is InChI=1S/C28H25ClF2N4O4S.3C2H6/c1-4-18-24(26(36)32-22-13-14-23(38-3)34-33-22)27(40-25(18)16-9-11-17(29)12-10-16)35(28(37)39-5-2)15-19-20(30)7-6-8-21(19)31;3*1-2/h6-14H,4-5,15H2,1-3H3,(H,32,33,36);3*1-2H3. The Hall–Kier alpha value is -4.09. The summed E-state index contributed by atoms with van der Waals surface area (Å²) in [5.41, 5.74) is 1.16. The molecule has 0 aliphatic rings. The number of carbonyl (C=O) groups is 2. The lowest BCUT2D eigenvalue weighted by atomic mass is 10.0. The van der Waals surface area contributed by atoms with Gasteiger partial charge in [-0.15, -0.1) is 21.5 Å². The number of aromatic nitrogens is 2. The maximum Gasteiger partial charge on any atom is 0.415 e. The first-order valence-electron chi connectivity index (χ1n) is 15.2. The third kappa shape index (κ3) is 10.2. The van der Waals surface area contributed by atoms with Gasteiger partial charge in [0.1, 0.15) is 16.6 Å². The molecule has 0 fully saturated rings. The number of benzene rings is 2. The lowest BCUT2D eigenvalue weighted by Gasteiger charge is -2.22. The monoisotopic (exact) mass is 676 g/mol. The summed E-state index contributed by atoms with van der Waals surface area (Å²) < 4.78 is 39.7. The Morgan fingerprint density at radius 2 is 1.50 bits per heavy atom. The molecule has 0 aliphatic heterocycles. The first-order chi connectivity index (χ1) is 22.3. The molecule has 0 aliphatic carbocycles. The van der Waals surface area contributed by atoms with Crippen molar-refractivity contribution in [3.8, 4) is 16.3 Å². The van der Waals surface area contributed by atoms with Gasteiger partial charge in [-0.3, -0.25) is 9.69 Å². The van der Waals surface area contributed by atoms with Crippen molar-refractivity contribution < 1.29 is 27.8 Å². The fourth-order valence-corrected chi connectivity index (χ4v) is 5.49. The molecule has 4 rings (SSSR count). The van der Waals surface area contributed by atoms with E-state index in [4.69, 9.17) is 21.1 Å². The van der Waals surface area contributed by atoms with Crippen molar-refractivity contribution in [1.29, 1.82) is 0 Å². The van der Waals surface area contributed by atoms with Crippen molar-refractivity contribution >= 4 is 45.8 Å². The maximum atomic E-state index is 14.7. The number of anilines is 2. The summed E-state index contributed by atoms with van der Waals surface area (Å²) in [7, 11) is 1.44. The Morgan fingerprint density at radius 3 is 2.00 bits per heavy atom. The summed E-state index contributed by atoms with van der Waals surface area (Å²) in [5, 5.41) is 11.2. The molecule has 4 aromatic rings. The van der Waals surface area contributed by atoms with Gasteiger partial charge in [0.2, 0.25) is 5.88 Å². The Kier molecular flexibility index (Phi) is 18.1. The normalized spacial score (nSPS) is 9.74. The van der Waals surface area contributed by atoms with Crippen molar-refractivity contribution in [1.82, 2.24) is 10.2 Å². The van der Waals surface area contributed by atoms with Gasteiger partial charge >= 0.3 is 6.09 Å². The molecule has 1 N–H and O–H groups in total. The van der Waals surface area contributed by atoms with Crippen LogP contribution in [0.1, 0.15) is 76.9 Å². The third-order valence-corrected chi connectivity index (χ3v) is 7.43. The summed E-state index contributed by atoms with van der Waals surface area (Å²) in [6.45, 7) is 15.0. The van der Waals surface area contributed by atoms with E-state index in [1.807, 2.05) is 48.5 Å². The molecule has 2 aromatic carbocycles. The molecule has 46 heavy (non-hydrogen) atoms. The molecule has 250 valence electrons. The third-order valence-electron chi connectivity index (χ3n) is 5.88. The topological polar surface area (TPSA) is 93.7 Å². The number of methoxy groups -OCH3 is 1. The highest BCUT2D eigenvalue weighted by atomic mass is 35.5. The zero-order valence-corrected chi connectivity index (χ0v) is 29.4. The van der Waals surface area contributed by atoms with Crippen LogP contribution >= 0.6 is 22.9 Å². The van der Waals surface area contributed by atoms with Gasteiger partial charge in [0.05, 0.1) is 25.8 Å². The van der Waals surface area contributed by atoms with Crippen LogP contribution in [0.3, 0.4) is 0 Å². The molecule has 0 radical (unpaired) electrons. The minimum absolute atomic E-state index is 0.00804. The molecule has 12 heteroatoms. The van der Waals surface area contributed by atoms with Gasteiger partial charge < -0.3 is 14.8 Å². The number of amides is 2. The molecule has 2 aromatic heterocycles. The van der Waals surface area contributed by atoms with Gasteiger partial charge in [0.25, 0.3) is 5.91 Å². The van der Waals surface area contributed by atoms with Crippen LogP contribution in [0.5, 0.6) is 5.88 Å². The second kappa shape index (κ2) is 20.8. The highest BCUT2D eigenvalue weighted by Crippen LogP contribution is 2.44. The highest BCUT2D eigenvalue weighted by Gasteiger charge is 2.32. The predicted octanol–water partition coefficient (Wildman–Crippen LogP) is 10.2. The predicted molar refractivity (Wildman–Crippen MR) is 184 cm³/mol. The van der Waals surface area contributed by atoms with Crippen molar-refractivity contribution in [2.45, 2.75) is 68.4 Å². The lowest BCUT2D eigenvalue weighted by Crippen LogP contribution is -2.33. The minimum atomic E-state index is -0.866. The molecule has 0 saturated heterocycles. The number of hydrogen-bond donors (Lipinski definition) is 1. The van der Waals surface area contributed by atoms with E-state index < -0.39 is 30.2 Å². The number of carbonyl (C=O) groups excluding carboxylic acids is 2.